The van der Waals surface area contributed by atoms with E-state index in [1.807, 2.05) is 275 Å². The summed E-state index contributed by atoms with van der Waals surface area (Å²) in [5, 5.41) is 15.7. The summed E-state index contributed by atoms with van der Waals surface area (Å²) in [6, 6.07) is 117. The number of nitriles is 1. The highest BCUT2D eigenvalue weighted by Gasteiger charge is 2.27. The smallest absolute Gasteiger partial charge is 0.164 e. The third-order valence-corrected chi connectivity index (χ3v) is 20.5. The van der Waals surface area contributed by atoms with E-state index in [0.717, 1.165) is 127 Å². The number of rotatable bonds is 15. The van der Waals surface area contributed by atoms with Crippen LogP contribution < -0.4 is 0 Å². The quantitative estimate of drug-likeness (QED) is 0.0938. The predicted octanol–water partition coefficient (Wildman–Crippen LogP) is 22.2. The minimum Gasteiger partial charge on any atom is -0.307 e. The molecule has 13 aromatic carbocycles. The molecule has 16 nitrogen and oxygen atoms in total. The van der Waals surface area contributed by atoms with Crippen molar-refractivity contribution in [1.29, 1.82) is 5.26 Å². The first-order valence-electron chi connectivity index (χ1n) is 37.4. The van der Waals surface area contributed by atoms with E-state index < -0.39 is 0 Å². The first-order chi connectivity index (χ1) is 56.2. The van der Waals surface area contributed by atoms with Crippen LogP contribution in [0, 0.1) is 25.2 Å². The molecular formula is C98H62N16. The Morgan fingerprint density at radius 1 is 0.202 bits per heavy atom. The van der Waals surface area contributed by atoms with Crippen molar-refractivity contribution in [3.05, 3.63) is 357 Å². The zero-order valence-corrected chi connectivity index (χ0v) is 61.5. The minimum atomic E-state index is 0.414. The third-order valence-electron chi connectivity index (χ3n) is 20.5. The molecule has 0 spiro atoms. The van der Waals surface area contributed by atoms with E-state index in [-0.39, 0.29) is 0 Å². The number of hydrogen-bond acceptors (Lipinski definition) is 14. The first kappa shape index (κ1) is 67.5. The Kier molecular flexibility index (Phi) is 16.9. The number of benzene rings is 13. The van der Waals surface area contributed by atoms with Crippen molar-refractivity contribution >= 4 is 43.6 Å². The molecule has 0 aliphatic heterocycles. The number of nitrogens with zero attached hydrogens (tertiary/aromatic N) is 16. The lowest BCUT2D eigenvalue weighted by atomic mass is 9.97. The summed E-state index contributed by atoms with van der Waals surface area (Å²) in [6.07, 6.45) is 0. The van der Waals surface area contributed by atoms with Gasteiger partial charge < -0.3 is 9.13 Å². The van der Waals surface area contributed by atoms with Gasteiger partial charge in [0.1, 0.15) is 0 Å². The highest BCUT2D eigenvalue weighted by atomic mass is 15.1. The molecule has 20 rings (SSSR count). The monoisotopic (exact) mass is 1460 g/mol. The van der Waals surface area contributed by atoms with Gasteiger partial charge in [0, 0.05) is 105 Å². The fourth-order valence-electron chi connectivity index (χ4n) is 15.1. The second kappa shape index (κ2) is 28.6. The van der Waals surface area contributed by atoms with Crippen molar-refractivity contribution in [1.82, 2.24) is 73.9 Å². The Labute approximate surface area is 654 Å². The lowest BCUT2D eigenvalue weighted by molar-refractivity contribution is 1.07. The Morgan fingerprint density at radius 3 is 0.614 bits per heavy atom. The van der Waals surface area contributed by atoms with Gasteiger partial charge in [-0.1, -0.05) is 291 Å². The van der Waals surface area contributed by atoms with Crippen LogP contribution in [0.3, 0.4) is 0 Å². The van der Waals surface area contributed by atoms with E-state index >= 15 is 0 Å². The van der Waals surface area contributed by atoms with Crippen LogP contribution >= 0.6 is 0 Å². The molecule has 0 aliphatic carbocycles. The molecule has 0 saturated heterocycles. The molecular weight excluding hydrogens is 1400 g/mol. The standard InChI is InChI=1S/C98H62N16/c1-60-51-74(52-61(2)100-60)80-58-86(114-83-55-72(97-109-91(66-35-19-7-20-36-66)103-92(110-97)67-37-21-8-22-38-67)45-49-78(83)79-50-46-73(56-84(79)114)98-111-93(68-39-23-9-24-40-68)104-94(112-98)69-41-25-10-26-42-69)85(57-75(80)59-99)113-81-53-70(95-105-87(62-27-11-3-12-28-62)101-88(106-95)63-29-13-4-14-30-63)43-47-76(81)77-48-44-71(54-82(77)113)96-107-89(64-31-15-5-16-32-64)102-90(108-96)65-33-17-6-18-34-65/h3-58H,1-2H3. The van der Waals surface area contributed by atoms with Crippen molar-refractivity contribution in [2.75, 3.05) is 0 Å². The van der Waals surface area contributed by atoms with Gasteiger partial charge >= 0.3 is 0 Å². The van der Waals surface area contributed by atoms with Crippen LogP contribution in [0.5, 0.6) is 0 Å². The molecule has 0 unspecified atom stereocenters. The zero-order chi connectivity index (χ0) is 76.2. The molecule has 0 saturated carbocycles. The molecule has 20 aromatic rings. The molecule has 7 heterocycles. The predicted molar refractivity (Wildman–Crippen MR) is 451 cm³/mol. The van der Waals surface area contributed by atoms with Crippen LogP contribution in [0.1, 0.15) is 17.0 Å². The number of hydrogen-bond donors (Lipinski definition) is 0. The molecule has 0 aliphatic rings. The van der Waals surface area contributed by atoms with Crippen LogP contribution in [0.15, 0.2) is 340 Å². The number of fused-ring (bicyclic) bond motifs is 6. The molecule has 0 amide bonds. The molecule has 0 radical (unpaired) electrons. The number of aryl methyl sites for hydroxylation is 2. The molecule has 0 fully saturated rings. The Morgan fingerprint density at radius 2 is 0.404 bits per heavy atom. The van der Waals surface area contributed by atoms with Gasteiger partial charge in [0.05, 0.1) is 45.1 Å². The van der Waals surface area contributed by atoms with Crippen molar-refractivity contribution in [2.45, 2.75) is 13.8 Å². The number of pyridine rings is 1. The maximum absolute atomic E-state index is 12.1. The van der Waals surface area contributed by atoms with Crippen molar-refractivity contribution in [3.8, 4) is 165 Å². The topological polar surface area (TPSA) is 201 Å². The SMILES string of the molecule is Cc1cc(-c2cc(-n3c4cc(-c5nc(-c6ccccc6)nc(-c6ccccc6)n5)ccc4c4ccc(-c5nc(-c6ccccc6)nc(-c6ccccc6)n5)cc43)c(-n3c4cc(-c5nc(-c6ccccc6)nc(-c6ccccc6)n5)ccc4c4ccc(-c5nc(-c6ccccc6)nc(-c6ccccc6)n5)cc43)cc2C#N)cc(C)n1. The third kappa shape index (κ3) is 12.7. The van der Waals surface area contributed by atoms with E-state index in [0.29, 0.717) is 92.4 Å². The van der Waals surface area contributed by atoms with Crippen LogP contribution in [0.4, 0.5) is 0 Å². The molecule has 0 atom stereocenters. The Bertz CT molecular complexity index is 6540. The molecule has 0 bridgehead atoms. The van der Waals surface area contributed by atoms with Crippen molar-refractivity contribution in [2.24, 2.45) is 0 Å². The average molecular weight is 1460 g/mol. The summed E-state index contributed by atoms with van der Waals surface area (Å²) < 4.78 is 4.59. The second-order valence-electron chi connectivity index (χ2n) is 27.9. The van der Waals surface area contributed by atoms with Crippen LogP contribution in [-0.2, 0) is 0 Å². The van der Waals surface area contributed by atoms with Gasteiger partial charge in [-0.05, 0) is 67.9 Å². The van der Waals surface area contributed by atoms with Crippen LogP contribution in [0.2, 0.25) is 0 Å². The fourth-order valence-corrected chi connectivity index (χ4v) is 15.1. The van der Waals surface area contributed by atoms with Crippen LogP contribution in [-0.4, -0.2) is 73.9 Å². The fraction of sp³-hybridized carbons (Fsp3) is 0.0204. The molecule has 16 heteroatoms. The van der Waals surface area contributed by atoms with Gasteiger partial charge in [-0.3, -0.25) is 4.98 Å². The summed E-state index contributed by atoms with van der Waals surface area (Å²) in [7, 11) is 0. The largest absolute Gasteiger partial charge is 0.307 e. The molecule has 7 aromatic heterocycles. The van der Waals surface area contributed by atoms with Gasteiger partial charge in [-0.2, -0.15) is 5.26 Å². The lowest BCUT2D eigenvalue weighted by Gasteiger charge is -2.20. The molecule has 534 valence electrons. The van der Waals surface area contributed by atoms with Gasteiger partial charge in [-0.15, -0.1) is 0 Å². The van der Waals surface area contributed by atoms with Gasteiger partial charge in [0.2, 0.25) is 0 Å². The first-order valence-corrected chi connectivity index (χ1v) is 37.4. The van der Waals surface area contributed by atoms with Crippen LogP contribution in [0.25, 0.3) is 203 Å². The summed E-state index contributed by atoms with van der Waals surface area (Å²) in [5.74, 6) is 6.01. The normalized spacial score (nSPS) is 11.4. The Hall–Kier alpha value is -15.9. The van der Waals surface area contributed by atoms with Crippen molar-refractivity contribution < 1.29 is 0 Å². The number of aromatic nitrogens is 15. The minimum absolute atomic E-state index is 0.414. The molecule has 114 heavy (non-hydrogen) atoms. The van der Waals surface area contributed by atoms with Gasteiger partial charge in [-0.25, -0.2) is 59.8 Å². The second-order valence-corrected chi connectivity index (χ2v) is 27.9. The van der Waals surface area contributed by atoms with Crippen molar-refractivity contribution in [3.63, 3.8) is 0 Å². The van der Waals surface area contributed by atoms with E-state index in [9.17, 15) is 5.26 Å². The van der Waals surface area contributed by atoms with Gasteiger partial charge in [0.15, 0.2) is 69.9 Å². The van der Waals surface area contributed by atoms with E-state index in [2.05, 4.69) is 94.1 Å². The Balaban J connectivity index is 0.917. The summed E-state index contributed by atoms with van der Waals surface area (Å²) in [4.78, 5) is 68.0. The summed E-state index contributed by atoms with van der Waals surface area (Å²) >= 11 is 0. The average Bonchev–Trinajstić information content (AvgIpc) is 1.55. The highest BCUT2D eigenvalue weighted by Crippen LogP contribution is 2.45. The summed E-state index contributed by atoms with van der Waals surface area (Å²) in [6.45, 7) is 3.97. The van der Waals surface area contributed by atoms with E-state index in [1.165, 1.54) is 0 Å². The molecule has 0 N–H and O–H groups in total. The zero-order valence-electron chi connectivity index (χ0n) is 61.5. The van der Waals surface area contributed by atoms with E-state index in [1.54, 1.807) is 0 Å². The highest BCUT2D eigenvalue weighted by molar-refractivity contribution is 6.14. The summed E-state index contributed by atoms with van der Waals surface area (Å²) in [5.41, 5.74) is 17.6. The van der Waals surface area contributed by atoms with E-state index in [4.69, 9.17) is 64.8 Å². The van der Waals surface area contributed by atoms with Gasteiger partial charge in [0.25, 0.3) is 0 Å². The lowest BCUT2D eigenvalue weighted by Crippen LogP contribution is -2.06. The maximum atomic E-state index is 12.1. The maximum Gasteiger partial charge on any atom is 0.164 e.